The van der Waals surface area contributed by atoms with E-state index in [4.69, 9.17) is 5.73 Å². The second-order valence-electron chi connectivity index (χ2n) is 2.60. The molecule has 3 N–H and O–H groups in total. The van der Waals surface area contributed by atoms with Crippen LogP contribution in [0.1, 0.15) is 19.0 Å². The molecule has 0 bridgehead atoms. The van der Waals surface area contributed by atoms with Crippen molar-refractivity contribution >= 4 is 23.0 Å². The largest absolute Gasteiger partial charge is 0.375 e. The van der Waals surface area contributed by atoms with E-state index in [1.165, 1.54) is 0 Å². The minimum atomic E-state index is 0.159. The quantitative estimate of drug-likeness (QED) is 0.442. The Morgan fingerprint density at radius 1 is 1.64 bits per heavy atom. The molecule has 0 saturated heterocycles. The van der Waals surface area contributed by atoms with Crippen molar-refractivity contribution in [2.45, 2.75) is 13.3 Å². The summed E-state index contributed by atoms with van der Waals surface area (Å²) in [5, 5.41) is 4.21. The van der Waals surface area contributed by atoms with Gasteiger partial charge in [-0.1, -0.05) is 13.0 Å². The van der Waals surface area contributed by atoms with Gasteiger partial charge in [0.15, 0.2) is 5.11 Å². The van der Waals surface area contributed by atoms with Crippen molar-refractivity contribution in [2.24, 2.45) is 10.8 Å². The Labute approximate surface area is 88.2 Å². The van der Waals surface area contributed by atoms with E-state index < -0.39 is 0 Å². The van der Waals surface area contributed by atoms with Crippen molar-refractivity contribution in [3.8, 4) is 0 Å². The van der Waals surface area contributed by atoms with Crippen LogP contribution < -0.4 is 11.2 Å². The number of hydrazone groups is 1. The minimum absolute atomic E-state index is 0.159. The van der Waals surface area contributed by atoms with E-state index in [1.54, 1.807) is 6.20 Å². The molecule has 0 aromatic carbocycles. The Morgan fingerprint density at radius 3 is 2.93 bits per heavy atom. The summed E-state index contributed by atoms with van der Waals surface area (Å²) >= 11 is 4.65. The monoisotopic (exact) mass is 208 g/mol. The highest BCUT2D eigenvalue weighted by molar-refractivity contribution is 7.80. The highest BCUT2D eigenvalue weighted by atomic mass is 32.1. The van der Waals surface area contributed by atoms with Crippen molar-refractivity contribution < 1.29 is 0 Å². The second-order valence-corrected chi connectivity index (χ2v) is 3.04. The molecule has 5 heteroatoms. The highest BCUT2D eigenvalue weighted by Crippen LogP contribution is 1.99. The Morgan fingerprint density at radius 2 is 2.43 bits per heavy atom. The molecule has 0 saturated carbocycles. The maximum Gasteiger partial charge on any atom is 0.184 e. The predicted molar refractivity (Wildman–Crippen MR) is 61.0 cm³/mol. The molecule has 0 unspecified atom stereocenters. The molecule has 4 nitrogen and oxygen atoms in total. The van der Waals surface area contributed by atoms with Crippen molar-refractivity contribution in [1.29, 1.82) is 0 Å². The summed E-state index contributed by atoms with van der Waals surface area (Å²) < 4.78 is 0. The van der Waals surface area contributed by atoms with Gasteiger partial charge in [-0.3, -0.25) is 10.4 Å². The number of nitrogens with zero attached hydrogens (tertiary/aromatic N) is 2. The first-order chi connectivity index (χ1) is 6.74. The summed E-state index contributed by atoms with van der Waals surface area (Å²) in [6, 6.07) is 5.66. The number of nitrogens with two attached hydrogens (primary N) is 1. The third kappa shape index (κ3) is 3.10. The van der Waals surface area contributed by atoms with Gasteiger partial charge in [-0.05, 0) is 30.8 Å². The van der Waals surface area contributed by atoms with Crippen LogP contribution in [0.3, 0.4) is 0 Å². The van der Waals surface area contributed by atoms with Crippen molar-refractivity contribution in [1.82, 2.24) is 10.4 Å². The van der Waals surface area contributed by atoms with Gasteiger partial charge in [-0.2, -0.15) is 5.10 Å². The number of hydrogen-bond acceptors (Lipinski definition) is 3. The van der Waals surface area contributed by atoms with E-state index in [-0.39, 0.29) is 5.11 Å². The molecular weight excluding hydrogens is 196 g/mol. The van der Waals surface area contributed by atoms with E-state index >= 15 is 0 Å². The van der Waals surface area contributed by atoms with Gasteiger partial charge < -0.3 is 5.73 Å². The van der Waals surface area contributed by atoms with Crippen LogP contribution in [-0.4, -0.2) is 15.8 Å². The van der Waals surface area contributed by atoms with Crippen LogP contribution in [0, 0.1) is 0 Å². The highest BCUT2D eigenvalue weighted by Gasteiger charge is 2.00. The maximum absolute atomic E-state index is 5.27. The van der Waals surface area contributed by atoms with Gasteiger partial charge >= 0.3 is 0 Å². The van der Waals surface area contributed by atoms with E-state index in [0.29, 0.717) is 0 Å². The van der Waals surface area contributed by atoms with E-state index in [9.17, 15) is 0 Å². The lowest BCUT2D eigenvalue weighted by Crippen LogP contribution is -2.25. The number of rotatable bonds is 3. The molecule has 0 aliphatic heterocycles. The Hall–Kier alpha value is -1.49. The molecule has 0 atom stereocenters. The summed E-state index contributed by atoms with van der Waals surface area (Å²) in [5.41, 5.74) is 9.48. The molecule has 0 spiro atoms. The zero-order valence-electron chi connectivity index (χ0n) is 7.90. The standard InChI is InChI=1S/C9H12N4S/c1-2-7(12-13-9(10)14)8-5-3-4-6-11-8/h3-6H,2H2,1H3,(H3,10,13,14). The molecule has 14 heavy (non-hydrogen) atoms. The van der Waals surface area contributed by atoms with Gasteiger partial charge in [0.1, 0.15) is 0 Å². The van der Waals surface area contributed by atoms with Crippen molar-refractivity contribution in [3.05, 3.63) is 30.1 Å². The maximum atomic E-state index is 5.27. The summed E-state index contributed by atoms with van der Waals surface area (Å²) in [4.78, 5) is 4.17. The fourth-order valence-corrected chi connectivity index (χ4v) is 1.02. The number of pyridine rings is 1. The first-order valence-electron chi connectivity index (χ1n) is 4.27. The molecule has 0 aliphatic rings. The molecule has 0 fully saturated rings. The number of thiocarbonyl (C=S) groups is 1. The Kier molecular flexibility index (Phi) is 4.00. The molecule has 1 heterocycles. The van der Waals surface area contributed by atoms with Crippen LogP contribution in [0.5, 0.6) is 0 Å². The third-order valence-corrected chi connectivity index (χ3v) is 1.69. The van der Waals surface area contributed by atoms with Crippen molar-refractivity contribution in [2.75, 3.05) is 0 Å². The molecular formula is C9H12N4S. The summed E-state index contributed by atoms with van der Waals surface area (Å²) in [7, 11) is 0. The van der Waals surface area contributed by atoms with Gasteiger partial charge in [0.25, 0.3) is 0 Å². The van der Waals surface area contributed by atoms with E-state index in [1.807, 2.05) is 25.1 Å². The van der Waals surface area contributed by atoms with Gasteiger partial charge in [0.05, 0.1) is 11.4 Å². The smallest absolute Gasteiger partial charge is 0.184 e. The molecule has 1 rings (SSSR count). The van der Waals surface area contributed by atoms with Crippen LogP contribution in [0.15, 0.2) is 29.5 Å². The number of aromatic nitrogens is 1. The summed E-state index contributed by atoms with van der Waals surface area (Å²) in [6.07, 6.45) is 2.49. The molecule has 1 aromatic rings. The van der Waals surface area contributed by atoms with Crippen LogP contribution >= 0.6 is 12.2 Å². The minimum Gasteiger partial charge on any atom is -0.375 e. The lowest BCUT2D eigenvalue weighted by Gasteiger charge is -2.02. The van der Waals surface area contributed by atoms with Crippen LogP contribution in [-0.2, 0) is 0 Å². The predicted octanol–water partition coefficient (Wildman–Crippen LogP) is 1.03. The van der Waals surface area contributed by atoms with Gasteiger partial charge in [-0.25, -0.2) is 0 Å². The molecule has 74 valence electrons. The molecule has 0 aliphatic carbocycles. The Balaban J connectivity index is 2.82. The lowest BCUT2D eigenvalue weighted by molar-refractivity contribution is 1.01. The number of nitrogens with one attached hydrogen (secondary N) is 1. The summed E-state index contributed by atoms with van der Waals surface area (Å²) in [5.74, 6) is 0. The van der Waals surface area contributed by atoms with E-state index in [2.05, 4.69) is 27.7 Å². The zero-order valence-corrected chi connectivity index (χ0v) is 8.71. The fraction of sp³-hybridized carbons (Fsp3) is 0.222. The Bertz CT molecular complexity index is 334. The van der Waals surface area contributed by atoms with E-state index in [0.717, 1.165) is 17.8 Å². The first-order valence-corrected chi connectivity index (χ1v) is 4.68. The van der Waals surface area contributed by atoms with Gasteiger partial charge in [-0.15, -0.1) is 0 Å². The topological polar surface area (TPSA) is 63.3 Å². The van der Waals surface area contributed by atoms with Gasteiger partial charge in [0.2, 0.25) is 0 Å². The van der Waals surface area contributed by atoms with Crippen LogP contribution in [0.4, 0.5) is 0 Å². The van der Waals surface area contributed by atoms with Crippen LogP contribution in [0.2, 0.25) is 0 Å². The first kappa shape index (κ1) is 10.6. The molecule has 0 amide bonds. The third-order valence-electron chi connectivity index (χ3n) is 1.60. The summed E-state index contributed by atoms with van der Waals surface area (Å²) in [6.45, 7) is 1.99. The zero-order chi connectivity index (χ0) is 10.4. The number of hydrogen-bond donors (Lipinski definition) is 2. The average Bonchev–Trinajstić information content (AvgIpc) is 2.20. The SMILES string of the molecule is CCC(=NNC(N)=S)c1ccccn1. The second kappa shape index (κ2) is 5.29. The van der Waals surface area contributed by atoms with Crippen LogP contribution in [0.25, 0.3) is 0 Å². The molecule has 1 aromatic heterocycles. The normalized spacial score (nSPS) is 11.1. The lowest BCUT2D eigenvalue weighted by atomic mass is 10.2. The van der Waals surface area contributed by atoms with Crippen molar-refractivity contribution in [3.63, 3.8) is 0 Å². The fourth-order valence-electron chi connectivity index (χ4n) is 0.973. The van der Waals surface area contributed by atoms with Gasteiger partial charge in [0, 0.05) is 6.20 Å². The average molecular weight is 208 g/mol. The molecule has 0 radical (unpaired) electrons.